The summed E-state index contributed by atoms with van der Waals surface area (Å²) in [6, 6.07) is 10.5. The van der Waals surface area contributed by atoms with Gasteiger partial charge in [0.15, 0.2) is 0 Å². The maximum Gasteiger partial charge on any atom is 0.133 e. The van der Waals surface area contributed by atoms with Gasteiger partial charge in [-0.25, -0.2) is 0 Å². The first-order valence-corrected chi connectivity index (χ1v) is 7.97. The van der Waals surface area contributed by atoms with Crippen LogP contribution in [-0.4, -0.2) is 12.3 Å². The molecule has 0 aliphatic rings. The van der Waals surface area contributed by atoms with Gasteiger partial charge in [-0.3, -0.25) is 0 Å². The van der Waals surface area contributed by atoms with Crippen molar-refractivity contribution < 1.29 is 9.15 Å². The Morgan fingerprint density at radius 1 is 1.25 bits per heavy atom. The van der Waals surface area contributed by atoms with Crippen molar-refractivity contribution in [3.05, 3.63) is 47.9 Å². The number of nitrogens with one attached hydrogen (secondary N) is 1. The summed E-state index contributed by atoms with van der Waals surface area (Å²) >= 11 is 1.69. The third-order valence-electron chi connectivity index (χ3n) is 2.96. The Morgan fingerprint density at radius 3 is 2.80 bits per heavy atom. The number of para-hydroxylation sites is 1. The summed E-state index contributed by atoms with van der Waals surface area (Å²) in [4.78, 5) is 1.15. The van der Waals surface area contributed by atoms with Crippen LogP contribution in [0, 0.1) is 0 Å². The van der Waals surface area contributed by atoms with E-state index in [9.17, 15) is 0 Å². The second kappa shape index (κ2) is 7.41. The Labute approximate surface area is 124 Å². The Hall–Kier alpha value is -1.39. The van der Waals surface area contributed by atoms with E-state index in [-0.39, 0.29) is 0 Å². The number of ether oxygens (including phenoxy) is 1. The van der Waals surface area contributed by atoms with Crippen LogP contribution < -0.4 is 10.1 Å². The van der Waals surface area contributed by atoms with E-state index < -0.39 is 0 Å². The molecule has 0 spiro atoms. The van der Waals surface area contributed by atoms with E-state index in [0.29, 0.717) is 12.6 Å². The predicted molar refractivity (Wildman–Crippen MR) is 83.2 cm³/mol. The summed E-state index contributed by atoms with van der Waals surface area (Å²) in [5, 5.41) is 3.36. The normalized spacial score (nSPS) is 11.0. The van der Waals surface area contributed by atoms with Crippen LogP contribution in [0.25, 0.3) is 0 Å². The van der Waals surface area contributed by atoms with E-state index in [2.05, 4.69) is 31.5 Å². The number of benzene rings is 1. The van der Waals surface area contributed by atoms with Gasteiger partial charge in [-0.05, 0) is 24.5 Å². The molecule has 4 heteroatoms. The smallest absolute Gasteiger partial charge is 0.133 e. The molecule has 1 aromatic carbocycles. The number of rotatable bonds is 7. The molecule has 1 N–H and O–H groups in total. The van der Waals surface area contributed by atoms with Crippen LogP contribution in [-0.2, 0) is 13.2 Å². The quantitative estimate of drug-likeness (QED) is 0.780. The van der Waals surface area contributed by atoms with Gasteiger partial charge in [0.25, 0.3) is 0 Å². The monoisotopic (exact) mass is 291 g/mol. The van der Waals surface area contributed by atoms with Crippen LogP contribution in [0.15, 0.2) is 45.9 Å². The van der Waals surface area contributed by atoms with Gasteiger partial charge in [-0.1, -0.05) is 26.0 Å². The summed E-state index contributed by atoms with van der Waals surface area (Å²) < 4.78 is 11.4. The van der Waals surface area contributed by atoms with E-state index >= 15 is 0 Å². The largest absolute Gasteiger partial charge is 0.488 e. The molecule has 0 atom stereocenters. The van der Waals surface area contributed by atoms with Crippen LogP contribution in [0.5, 0.6) is 5.75 Å². The standard InChI is InChI=1S/C16H21NO2S/c1-12(2)17-10-15-13(8-9-18-15)11-19-14-6-4-5-7-16(14)20-3/h4-9,12,17H,10-11H2,1-3H3. The SMILES string of the molecule is CSc1ccccc1OCc1ccoc1CNC(C)C. The maximum absolute atomic E-state index is 5.91. The molecule has 0 amide bonds. The van der Waals surface area contributed by atoms with Crippen molar-refractivity contribution in [1.82, 2.24) is 5.32 Å². The molecule has 2 aromatic rings. The highest BCUT2D eigenvalue weighted by Crippen LogP contribution is 2.28. The van der Waals surface area contributed by atoms with Gasteiger partial charge in [0, 0.05) is 16.5 Å². The van der Waals surface area contributed by atoms with Gasteiger partial charge in [-0.15, -0.1) is 11.8 Å². The van der Waals surface area contributed by atoms with Crippen molar-refractivity contribution in [2.45, 2.75) is 37.9 Å². The molecule has 0 fully saturated rings. The highest BCUT2D eigenvalue weighted by atomic mass is 32.2. The average Bonchev–Trinajstić information content (AvgIpc) is 2.90. The third kappa shape index (κ3) is 4.05. The van der Waals surface area contributed by atoms with Gasteiger partial charge >= 0.3 is 0 Å². The second-order valence-corrected chi connectivity index (χ2v) is 5.69. The molecule has 0 saturated heterocycles. The molecule has 0 aliphatic heterocycles. The number of furan rings is 1. The molecule has 3 nitrogen and oxygen atoms in total. The molecule has 0 bridgehead atoms. The van der Waals surface area contributed by atoms with Gasteiger partial charge in [0.1, 0.15) is 18.1 Å². The fourth-order valence-corrected chi connectivity index (χ4v) is 2.38. The van der Waals surface area contributed by atoms with Gasteiger partial charge in [-0.2, -0.15) is 0 Å². The highest BCUT2D eigenvalue weighted by Gasteiger charge is 2.09. The first kappa shape index (κ1) is 15.0. The topological polar surface area (TPSA) is 34.4 Å². The Morgan fingerprint density at radius 2 is 2.05 bits per heavy atom. The van der Waals surface area contributed by atoms with E-state index in [1.165, 1.54) is 0 Å². The minimum Gasteiger partial charge on any atom is -0.488 e. The lowest BCUT2D eigenvalue weighted by atomic mass is 10.2. The number of thioether (sulfide) groups is 1. The molecule has 20 heavy (non-hydrogen) atoms. The zero-order valence-corrected chi connectivity index (χ0v) is 13.0. The van der Waals surface area contributed by atoms with Crippen molar-refractivity contribution in [2.24, 2.45) is 0 Å². The van der Waals surface area contributed by atoms with Gasteiger partial charge in [0.05, 0.1) is 12.8 Å². The highest BCUT2D eigenvalue weighted by molar-refractivity contribution is 7.98. The zero-order valence-electron chi connectivity index (χ0n) is 12.2. The molecule has 0 unspecified atom stereocenters. The van der Waals surface area contributed by atoms with Crippen molar-refractivity contribution >= 4 is 11.8 Å². The maximum atomic E-state index is 5.91. The summed E-state index contributed by atoms with van der Waals surface area (Å²) in [7, 11) is 0. The summed E-state index contributed by atoms with van der Waals surface area (Å²) in [5.41, 5.74) is 1.09. The molecular formula is C16H21NO2S. The molecule has 1 aromatic heterocycles. The Balaban J connectivity index is 1.99. The van der Waals surface area contributed by atoms with Crippen LogP contribution in [0.1, 0.15) is 25.2 Å². The summed E-state index contributed by atoms with van der Waals surface area (Å²) in [5.74, 6) is 1.87. The van der Waals surface area contributed by atoms with E-state index in [1.807, 2.05) is 24.3 Å². The summed E-state index contributed by atoms with van der Waals surface area (Å²) in [6.07, 6.45) is 3.77. The Kier molecular flexibility index (Phi) is 5.56. The van der Waals surface area contributed by atoms with E-state index in [4.69, 9.17) is 9.15 Å². The number of hydrogen-bond donors (Lipinski definition) is 1. The van der Waals surface area contributed by atoms with Crippen LogP contribution in [0.3, 0.4) is 0 Å². The van der Waals surface area contributed by atoms with Gasteiger partial charge in [0.2, 0.25) is 0 Å². The predicted octanol–water partition coefficient (Wildman–Crippen LogP) is 4.08. The average molecular weight is 291 g/mol. The van der Waals surface area contributed by atoms with Crippen LogP contribution in [0.4, 0.5) is 0 Å². The Bertz CT molecular complexity index is 537. The van der Waals surface area contributed by atoms with Crippen molar-refractivity contribution in [2.75, 3.05) is 6.26 Å². The molecular weight excluding hydrogens is 270 g/mol. The van der Waals surface area contributed by atoms with E-state index in [0.717, 1.165) is 28.5 Å². The van der Waals surface area contributed by atoms with Crippen LogP contribution in [0.2, 0.25) is 0 Å². The van der Waals surface area contributed by atoms with Crippen LogP contribution >= 0.6 is 11.8 Å². The fraction of sp³-hybridized carbons (Fsp3) is 0.375. The fourth-order valence-electron chi connectivity index (χ4n) is 1.84. The van der Waals surface area contributed by atoms with E-state index in [1.54, 1.807) is 18.0 Å². The lowest BCUT2D eigenvalue weighted by Crippen LogP contribution is -2.22. The molecule has 108 valence electrons. The minimum absolute atomic E-state index is 0.436. The lowest BCUT2D eigenvalue weighted by molar-refractivity contribution is 0.294. The summed E-state index contributed by atoms with van der Waals surface area (Å²) in [6.45, 7) is 5.50. The van der Waals surface area contributed by atoms with Crippen molar-refractivity contribution in [3.8, 4) is 5.75 Å². The first-order valence-electron chi connectivity index (χ1n) is 6.75. The van der Waals surface area contributed by atoms with Crippen molar-refractivity contribution in [3.63, 3.8) is 0 Å². The molecule has 0 aliphatic carbocycles. The third-order valence-corrected chi connectivity index (χ3v) is 3.74. The van der Waals surface area contributed by atoms with Crippen molar-refractivity contribution in [1.29, 1.82) is 0 Å². The number of hydrogen-bond acceptors (Lipinski definition) is 4. The second-order valence-electron chi connectivity index (χ2n) is 4.84. The molecule has 1 heterocycles. The molecule has 0 radical (unpaired) electrons. The molecule has 2 rings (SSSR count). The lowest BCUT2D eigenvalue weighted by Gasteiger charge is -2.11. The minimum atomic E-state index is 0.436. The molecule has 0 saturated carbocycles. The first-order chi connectivity index (χ1) is 9.70. The van der Waals surface area contributed by atoms with Gasteiger partial charge < -0.3 is 14.5 Å². The zero-order chi connectivity index (χ0) is 14.4.